The van der Waals surface area contributed by atoms with E-state index in [4.69, 9.17) is 0 Å². The molecule has 122 valence electrons. The van der Waals surface area contributed by atoms with Crippen molar-refractivity contribution in [3.8, 4) is 0 Å². The van der Waals surface area contributed by atoms with E-state index in [9.17, 15) is 4.79 Å². The summed E-state index contributed by atoms with van der Waals surface area (Å²) in [4.78, 5) is 14.3. The maximum absolute atomic E-state index is 12.5. The summed E-state index contributed by atoms with van der Waals surface area (Å²) < 4.78 is 1.92. The topological polar surface area (TPSA) is 50.2 Å². The van der Waals surface area contributed by atoms with Crippen molar-refractivity contribution in [1.29, 1.82) is 0 Å². The summed E-state index contributed by atoms with van der Waals surface area (Å²) in [5.41, 5.74) is 4.79. The van der Waals surface area contributed by atoms with E-state index in [0.29, 0.717) is 6.54 Å². The zero-order chi connectivity index (χ0) is 16.4. The van der Waals surface area contributed by atoms with Crippen LogP contribution in [0.4, 0.5) is 4.79 Å². The van der Waals surface area contributed by atoms with Gasteiger partial charge in [0.05, 0.1) is 12.2 Å². The number of hydrogen-bond donors (Lipinski definition) is 1. The number of carbonyl (C=O) groups excluding carboxylic acids is 1. The highest BCUT2D eigenvalue weighted by Gasteiger charge is 2.25. The molecule has 2 amide bonds. The lowest BCUT2D eigenvalue weighted by Gasteiger charge is -2.27. The second kappa shape index (κ2) is 6.44. The molecule has 5 nitrogen and oxygen atoms in total. The Morgan fingerprint density at radius 3 is 3.00 bits per heavy atom. The van der Waals surface area contributed by atoms with Crippen LogP contribution >= 0.6 is 0 Å². The number of nitrogens with zero attached hydrogens (tertiary/aromatic N) is 3. The minimum absolute atomic E-state index is 0.0324. The Morgan fingerprint density at radius 2 is 2.22 bits per heavy atom. The molecule has 0 bridgehead atoms. The molecule has 0 saturated carbocycles. The fourth-order valence-corrected chi connectivity index (χ4v) is 3.23. The molecule has 1 atom stereocenters. The minimum atomic E-state index is -0.0324. The molecule has 0 aliphatic heterocycles. The van der Waals surface area contributed by atoms with Crippen molar-refractivity contribution in [1.82, 2.24) is 20.0 Å². The molecular formula is C18H24N4O. The van der Waals surface area contributed by atoms with Crippen LogP contribution in [0.1, 0.15) is 41.3 Å². The molecule has 0 fully saturated rings. The van der Waals surface area contributed by atoms with Crippen molar-refractivity contribution < 1.29 is 4.79 Å². The number of hydrogen-bond acceptors (Lipinski definition) is 2. The predicted octanol–water partition coefficient (Wildman–Crippen LogP) is 2.95. The largest absolute Gasteiger partial charge is 0.331 e. The molecule has 0 saturated heterocycles. The van der Waals surface area contributed by atoms with Crippen molar-refractivity contribution in [3.63, 3.8) is 0 Å². The molecule has 1 aliphatic rings. The quantitative estimate of drug-likeness (QED) is 0.947. The summed E-state index contributed by atoms with van der Waals surface area (Å²) >= 11 is 0. The van der Waals surface area contributed by atoms with Gasteiger partial charge in [0.15, 0.2) is 0 Å². The van der Waals surface area contributed by atoms with Crippen LogP contribution in [0, 0.1) is 6.92 Å². The number of carbonyl (C=O) groups is 1. The molecule has 1 aliphatic carbocycles. The zero-order valence-corrected chi connectivity index (χ0v) is 14.0. The van der Waals surface area contributed by atoms with Gasteiger partial charge in [0.2, 0.25) is 0 Å². The summed E-state index contributed by atoms with van der Waals surface area (Å²) in [6.45, 7) is 2.69. The highest BCUT2D eigenvalue weighted by atomic mass is 16.2. The van der Waals surface area contributed by atoms with E-state index in [1.54, 1.807) is 4.90 Å². The Hall–Kier alpha value is -2.30. The number of aryl methyl sites for hydroxylation is 2. The summed E-state index contributed by atoms with van der Waals surface area (Å²) in [6.07, 6.45) is 4.99. The molecule has 0 radical (unpaired) electrons. The third-order valence-corrected chi connectivity index (χ3v) is 4.69. The Labute approximate surface area is 137 Å². The third-order valence-electron chi connectivity index (χ3n) is 4.69. The lowest BCUT2D eigenvalue weighted by atomic mass is 9.93. The number of benzene rings is 1. The van der Waals surface area contributed by atoms with Gasteiger partial charge in [0, 0.05) is 31.9 Å². The van der Waals surface area contributed by atoms with E-state index in [1.807, 2.05) is 37.1 Å². The van der Waals surface area contributed by atoms with Crippen molar-refractivity contribution in [3.05, 3.63) is 52.8 Å². The zero-order valence-electron chi connectivity index (χ0n) is 14.0. The number of amides is 2. The van der Waals surface area contributed by atoms with Gasteiger partial charge in [0.1, 0.15) is 0 Å². The number of rotatable bonds is 3. The maximum Gasteiger partial charge on any atom is 0.317 e. The fourth-order valence-electron chi connectivity index (χ4n) is 3.23. The van der Waals surface area contributed by atoms with E-state index < -0.39 is 0 Å². The maximum atomic E-state index is 12.5. The van der Waals surface area contributed by atoms with E-state index in [-0.39, 0.29) is 12.1 Å². The molecule has 5 heteroatoms. The SMILES string of the molecule is Cc1ccccc1CN(C)C(=O)N[C@H]1CCCc2c1cnn2C. The van der Waals surface area contributed by atoms with Gasteiger partial charge in [-0.15, -0.1) is 0 Å². The Morgan fingerprint density at radius 1 is 1.43 bits per heavy atom. The van der Waals surface area contributed by atoms with Crippen LogP contribution in [0.15, 0.2) is 30.5 Å². The standard InChI is InChI=1S/C18H24N4O/c1-13-7-4-5-8-14(13)12-21(2)18(23)20-16-9-6-10-17-15(16)11-19-22(17)3/h4-5,7-8,11,16H,6,9-10,12H2,1-3H3,(H,20,23)/t16-/m0/s1. The van der Waals surface area contributed by atoms with Gasteiger partial charge in [-0.25, -0.2) is 4.79 Å². The van der Waals surface area contributed by atoms with Gasteiger partial charge in [-0.1, -0.05) is 24.3 Å². The van der Waals surface area contributed by atoms with Gasteiger partial charge in [-0.3, -0.25) is 4.68 Å². The molecule has 0 unspecified atom stereocenters. The van der Waals surface area contributed by atoms with Crippen LogP contribution in [-0.2, 0) is 20.0 Å². The third kappa shape index (κ3) is 3.23. The first-order chi connectivity index (χ1) is 11.1. The Bertz CT molecular complexity index is 707. The highest BCUT2D eigenvalue weighted by Crippen LogP contribution is 2.29. The molecule has 0 spiro atoms. The summed E-state index contributed by atoms with van der Waals surface area (Å²) in [7, 11) is 3.81. The predicted molar refractivity (Wildman–Crippen MR) is 90.1 cm³/mol. The van der Waals surface area contributed by atoms with Gasteiger partial charge in [-0.05, 0) is 37.3 Å². The van der Waals surface area contributed by atoms with Gasteiger partial charge >= 0.3 is 6.03 Å². The van der Waals surface area contributed by atoms with Gasteiger partial charge in [-0.2, -0.15) is 5.10 Å². The average Bonchev–Trinajstić information content (AvgIpc) is 2.92. The first kappa shape index (κ1) is 15.6. The lowest BCUT2D eigenvalue weighted by molar-refractivity contribution is 0.201. The summed E-state index contributed by atoms with van der Waals surface area (Å²) in [5, 5.41) is 7.49. The number of nitrogens with one attached hydrogen (secondary N) is 1. The molecule has 1 heterocycles. The van der Waals surface area contributed by atoms with Gasteiger partial charge < -0.3 is 10.2 Å². The average molecular weight is 312 g/mol. The molecule has 1 N–H and O–H groups in total. The highest BCUT2D eigenvalue weighted by molar-refractivity contribution is 5.74. The number of aromatic nitrogens is 2. The minimum Gasteiger partial charge on any atom is -0.331 e. The molecular weight excluding hydrogens is 288 g/mol. The van der Waals surface area contributed by atoms with Crippen molar-refractivity contribution in [2.24, 2.45) is 7.05 Å². The fraction of sp³-hybridized carbons (Fsp3) is 0.444. The summed E-state index contributed by atoms with van der Waals surface area (Å²) in [6, 6.07) is 8.21. The van der Waals surface area contributed by atoms with Crippen LogP contribution in [0.3, 0.4) is 0 Å². The Kier molecular flexibility index (Phi) is 4.37. The van der Waals surface area contributed by atoms with Crippen molar-refractivity contribution in [2.75, 3.05) is 7.05 Å². The van der Waals surface area contributed by atoms with E-state index in [2.05, 4.69) is 29.5 Å². The molecule has 1 aromatic carbocycles. The second-order valence-corrected chi connectivity index (χ2v) is 6.35. The second-order valence-electron chi connectivity index (χ2n) is 6.35. The van der Waals surface area contributed by atoms with Crippen LogP contribution in [0.25, 0.3) is 0 Å². The molecule has 2 aromatic rings. The molecule has 23 heavy (non-hydrogen) atoms. The lowest BCUT2D eigenvalue weighted by Crippen LogP contribution is -2.40. The van der Waals surface area contributed by atoms with Gasteiger partial charge in [0.25, 0.3) is 0 Å². The first-order valence-electron chi connectivity index (χ1n) is 8.13. The molecule has 1 aromatic heterocycles. The van der Waals surface area contributed by atoms with E-state index in [0.717, 1.165) is 24.8 Å². The normalized spacial score (nSPS) is 16.7. The monoisotopic (exact) mass is 312 g/mol. The van der Waals surface area contributed by atoms with Crippen LogP contribution < -0.4 is 5.32 Å². The van der Waals surface area contributed by atoms with Crippen molar-refractivity contribution in [2.45, 2.75) is 38.8 Å². The first-order valence-corrected chi connectivity index (χ1v) is 8.13. The van der Waals surface area contributed by atoms with E-state index >= 15 is 0 Å². The molecule has 3 rings (SSSR count). The van der Waals surface area contributed by atoms with Crippen LogP contribution in [-0.4, -0.2) is 27.8 Å². The van der Waals surface area contributed by atoms with Crippen LogP contribution in [0.2, 0.25) is 0 Å². The number of fused-ring (bicyclic) bond motifs is 1. The van der Waals surface area contributed by atoms with Crippen molar-refractivity contribution >= 4 is 6.03 Å². The summed E-state index contributed by atoms with van der Waals surface area (Å²) in [5.74, 6) is 0. The smallest absolute Gasteiger partial charge is 0.317 e. The van der Waals surface area contributed by atoms with E-state index in [1.165, 1.54) is 16.8 Å². The Balaban J connectivity index is 1.67. The number of urea groups is 1. The van der Waals surface area contributed by atoms with Crippen LogP contribution in [0.5, 0.6) is 0 Å².